The van der Waals surface area contributed by atoms with E-state index >= 15 is 0 Å². The maximum absolute atomic E-state index is 12.6. The van der Waals surface area contributed by atoms with Crippen LogP contribution in [0.5, 0.6) is 11.5 Å². The summed E-state index contributed by atoms with van der Waals surface area (Å²) in [5.41, 5.74) is 0.763. The van der Waals surface area contributed by atoms with E-state index in [2.05, 4.69) is 5.32 Å². The van der Waals surface area contributed by atoms with Crippen molar-refractivity contribution in [2.75, 3.05) is 27.3 Å². The Labute approximate surface area is 178 Å². The van der Waals surface area contributed by atoms with Crippen molar-refractivity contribution in [2.24, 2.45) is 0 Å². The van der Waals surface area contributed by atoms with Gasteiger partial charge in [0.15, 0.2) is 11.5 Å². The van der Waals surface area contributed by atoms with Crippen LogP contribution in [0.1, 0.15) is 24.8 Å². The van der Waals surface area contributed by atoms with Crippen LogP contribution in [0.4, 0.5) is 0 Å². The Morgan fingerprint density at radius 2 is 1.97 bits per heavy atom. The predicted octanol–water partition coefficient (Wildman–Crippen LogP) is 2.28. The highest BCUT2D eigenvalue weighted by molar-refractivity contribution is 8.26. The largest absolute Gasteiger partial charge is 0.493 e. The number of thioether (sulfide) groups is 1. The van der Waals surface area contributed by atoms with Crippen LogP contribution in [0, 0.1) is 0 Å². The predicted molar refractivity (Wildman–Crippen MR) is 114 cm³/mol. The summed E-state index contributed by atoms with van der Waals surface area (Å²) in [5, 5.41) is 11.2. The van der Waals surface area contributed by atoms with Crippen LogP contribution in [-0.2, 0) is 14.4 Å². The molecule has 0 aliphatic carbocycles. The van der Waals surface area contributed by atoms with Gasteiger partial charge in [-0.1, -0.05) is 30.0 Å². The van der Waals surface area contributed by atoms with Crippen molar-refractivity contribution in [2.45, 2.75) is 19.3 Å². The number of hydrogen-bond donors (Lipinski definition) is 2. The Hall–Kier alpha value is -2.59. The third kappa shape index (κ3) is 6.47. The fourth-order valence-corrected chi connectivity index (χ4v) is 3.86. The number of nitrogens with one attached hydrogen (secondary N) is 1. The number of carboxylic acid groups (broad SMARTS) is 1. The zero-order valence-electron chi connectivity index (χ0n) is 16.1. The Bertz CT molecular complexity index is 840. The van der Waals surface area contributed by atoms with Crippen LogP contribution >= 0.6 is 24.0 Å². The number of thiocarbonyl (C=S) groups is 1. The molecule has 29 heavy (non-hydrogen) atoms. The van der Waals surface area contributed by atoms with Crippen molar-refractivity contribution >= 4 is 52.2 Å². The van der Waals surface area contributed by atoms with Gasteiger partial charge in [0.25, 0.3) is 5.91 Å². The third-order valence-electron chi connectivity index (χ3n) is 4.03. The van der Waals surface area contributed by atoms with Crippen LogP contribution in [0.3, 0.4) is 0 Å². The number of benzene rings is 1. The van der Waals surface area contributed by atoms with Gasteiger partial charge in [-0.05, 0) is 30.2 Å². The number of carbonyl (C=O) groups excluding carboxylic acids is 2. The molecule has 0 spiro atoms. The second-order valence-electron chi connectivity index (χ2n) is 6.05. The second kappa shape index (κ2) is 10.8. The molecule has 1 heterocycles. The van der Waals surface area contributed by atoms with E-state index in [-0.39, 0.29) is 37.7 Å². The van der Waals surface area contributed by atoms with Crippen LogP contribution in [0.15, 0.2) is 23.1 Å². The number of nitrogens with zero attached hydrogens (tertiary/aromatic N) is 1. The number of ether oxygens (including phenoxy) is 2. The molecule has 1 saturated heterocycles. The number of carboxylic acids is 1. The van der Waals surface area contributed by atoms with Crippen LogP contribution < -0.4 is 14.8 Å². The molecule has 2 rings (SSSR count). The third-order valence-corrected chi connectivity index (χ3v) is 5.41. The van der Waals surface area contributed by atoms with Gasteiger partial charge in [-0.25, -0.2) is 0 Å². The first-order chi connectivity index (χ1) is 13.8. The van der Waals surface area contributed by atoms with Crippen molar-refractivity contribution in [3.05, 3.63) is 28.7 Å². The van der Waals surface area contributed by atoms with E-state index in [0.29, 0.717) is 27.1 Å². The monoisotopic (exact) mass is 438 g/mol. The minimum Gasteiger partial charge on any atom is -0.493 e. The molecule has 10 heteroatoms. The molecular formula is C19H22N2O6S2. The fourth-order valence-electron chi connectivity index (χ4n) is 2.56. The average Bonchev–Trinajstić information content (AvgIpc) is 2.96. The van der Waals surface area contributed by atoms with E-state index in [4.69, 9.17) is 26.8 Å². The topological polar surface area (TPSA) is 105 Å². The summed E-state index contributed by atoms with van der Waals surface area (Å²) in [6, 6.07) is 5.31. The van der Waals surface area contributed by atoms with Gasteiger partial charge in [-0.2, -0.15) is 0 Å². The van der Waals surface area contributed by atoms with Gasteiger partial charge in [0.2, 0.25) is 5.91 Å². The van der Waals surface area contributed by atoms with E-state index in [0.717, 1.165) is 5.56 Å². The van der Waals surface area contributed by atoms with Crippen LogP contribution in [0.25, 0.3) is 6.08 Å². The van der Waals surface area contributed by atoms with Gasteiger partial charge in [-0.15, -0.1) is 0 Å². The Morgan fingerprint density at radius 1 is 1.24 bits per heavy atom. The Morgan fingerprint density at radius 3 is 2.62 bits per heavy atom. The number of amides is 2. The number of rotatable bonds is 10. The van der Waals surface area contributed by atoms with Gasteiger partial charge in [0.05, 0.1) is 19.1 Å². The van der Waals surface area contributed by atoms with Crippen LogP contribution in [-0.4, -0.2) is 59.4 Å². The summed E-state index contributed by atoms with van der Waals surface area (Å²) >= 11 is 6.45. The van der Waals surface area contributed by atoms with E-state index in [1.54, 1.807) is 31.4 Å². The molecule has 0 bridgehead atoms. The molecule has 1 fully saturated rings. The highest BCUT2D eigenvalue weighted by atomic mass is 32.2. The zero-order valence-corrected chi connectivity index (χ0v) is 17.7. The maximum Gasteiger partial charge on any atom is 0.303 e. The summed E-state index contributed by atoms with van der Waals surface area (Å²) in [4.78, 5) is 36.8. The van der Waals surface area contributed by atoms with Crippen molar-refractivity contribution in [3.63, 3.8) is 0 Å². The van der Waals surface area contributed by atoms with Crippen molar-refractivity contribution in [1.82, 2.24) is 10.2 Å². The van der Waals surface area contributed by atoms with E-state index in [1.807, 2.05) is 0 Å². The molecule has 0 radical (unpaired) electrons. The Kier molecular flexibility index (Phi) is 8.47. The highest BCUT2D eigenvalue weighted by Gasteiger charge is 2.32. The number of carbonyl (C=O) groups is 3. The molecular weight excluding hydrogens is 416 g/mol. The lowest BCUT2D eigenvalue weighted by Crippen LogP contribution is -2.33. The minimum atomic E-state index is -0.905. The highest BCUT2D eigenvalue weighted by Crippen LogP contribution is 2.34. The maximum atomic E-state index is 12.6. The minimum absolute atomic E-state index is 0.00405. The molecule has 2 N–H and O–H groups in total. The summed E-state index contributed by atoms with van der Waals surface area (Å²) in [6.45, 7) is 0.446. The lowest BCUT2D eigenvalue weighted by Gasteiger charge is -2.14. The summed E-state index contributed by atoms with van der Waals surface area (Å²) in [5.74, 6) is -0.275. The SMILES string of the molecule is COc1ccc(/C=C2\SC(=S)N(CCC(=O)NCCCC(=O)O)C2=O)cc1OC. The molecule has 8 nitrogen and oxygen atoms in total. The summed E-state index contributed by atoms with van der Waals surface area (Å²) < 4.78 is 10.9. The molecule has 156 valence electrons. The number of aliphatic carboxylic acids is 1. The molecule has 0 unspecified atom stereocenters. The smallest absolute Gasteiger partial charge is 0.303 e. The molecule has 0 saturated carbocycles. The number of hydrogen-bond acceptors (Lipinski definition) is 7. The lowest BCUT2D eigenvalue weighted by molar-refractivity contribution is -0.137. The Balaban J connectivity index is 1.94. The standard InChI is InChI=1S/C19H22N2O6S2/c1-26-13-6-5-12(10-14(13)27-2)11-15-18(25)21(19(28)29-15)9-7-16(22)20-8-3-4-17(23)24/h5-6,10-11H,3-4,7-9H2,1-2H3,(H,20,22)(H,23,24)/b15-11-. The molecule has 1 aliphatic rings. The van der Waals surface area contributed by atoms with E-state index < -0.39 is 5.97 Å². The lowest BCUT2D eigenvalue weighted by atomic mass is 10.2. The van der Waals surface area contributed by atoms with Crippen molar-refractivity contribution in [3.8, 4) is 11.5 Å². The van der Waals surface area contributed by atoms with Crippen molar-refractivity contribution in [1.29, 1.82) is 0 Å². The van der Waals surface area contributed by atoms with Gasteiger partial charge < -0.3 is 19.9 Å². The summed E-state index contributed by atoms with van der Waals surface area (Å²) in [7, 11) is 3.08. The first-order valence-corrected chi connectivity index (χ1v) is 10.0. The van der Waals surface area contributed by atoms with Gasteiger partial charge in [0.1, 0.15) is 4.32 Å². The van der Waals surface area contributed by atoms with Gasteiger partial charge >= 0.3 is 5.97 Å². The quantitative estimate of drug-likeness (QED) is 0.326. The molecule has 0 atom stereocenters. The zero-order chi connectivity index (χ0) is 21.4. The summed E-state index contributed by atoms with van der Waals surface area (Å²) in [6.07, 6.45) is 2.16. The van der Waals surface area contributed by atoms with E-state index in [9.17, 15) is 14.4 Å². The first kappa shape index (κ1) is 22.7. The van der Waals surface area contributed by atoms with Crippen LogP contribution in [0.2, 0.25) is 0 Å². The second-order valence-corrected chi connectivity index (χ2v) is 7.72. The fraction of sp³-hybridized carbons (Fsp3) is 0.368. The normalized spacial score (nSPS) is 15.0. The average molecular weight is 439 g/mol. The van der Waals surface area contributed by atoms with Gasteiger partial charge in [0, 0.05) is 25.9 Å². The van der Waals surface area contributed by atoms with Gasteiger partial charge in [-0.3, -0.25) is 19.3 Å². The van der Waals surface area contributed by atoms with E-state index in [1.165, 1.54) is 23.8 Å². The molecule has 1 aliphatic heterocycles. The molecule has 0 aromatic heterocycles. The van der Waals surface area contributed by atoms with Crippen molar-refractivity contribution < 1.29 is 29.0 Å². The number of methoxy groups -OCH3 is 2. The molecule has 2 amide bonds. The first-order valence-electron chi connectivity index (χ1n) is 8.81. The molecule has 1 aromatic rings. The molecule has 1 aromatic carbocycles.